The van der Waals surface area contributed by atoms with Crippen molar-refractivity contribution in [1.82, 2.24) is 29.5 Å². The normalized spacial score (nSPS) is 19.6. The molecule has 0 unspecified atom stereocenters. The largest absolute Gasteiger partial charge is 0.336 e. The fourth-order valence-corrected chi connectivity index (χ4v) is 5.47. The van der Waals surface area contributed by atoms with E-state index in [1.54, 1.807) is 18.3 Å². The summed E-state index contributed by atoms with van der Waals surface area (Å²) in [6.07, 6.45) is 5.94. The van der Waals surface area contributed by atoms with E-state index in [9.17, 15) is 22.0 Å². The summed E-state index contributed by atoms with van der Waals surface area (Å²) in [5.41, 5.74) is 3.22. The second-order valence-corrected chi connectivity index (χ2v) is 11.8. The Morgan fingerprint density at radius 2 is 1.95 bits per heavy atom. The lowest BCUT2D eigenvalue weighted by molar-refractivity contribution is 0.0460. The Morgan fingerprint density at radius 1 is 1.13 bits per heavy atom. The average Bonchev–Trinajstić information content (AvgIpc) is 3.32. The molecule has 13 heteroatoms. The molecule has 1 saturated heterocycles. The standard InChI is InChI=1S/C26H29F2N7O3S/c1-16-9-21(6-8-35(16)25(36)17-5-7-29-20(10-17)13-31-39(2,37)38)34-14-18-12-30-26(33-24(18)15-34)32-19-3-4-22(27)23(28)11-19/h3-5,7,10-12,16,21,31H,6,8-9,13-15H2,1-2H3,(H,30,32,33)/t16-,21-/m1/s1. The number of hydrogen-bond acceptors (Lipinski definition) is 8. The number of aromatic nitrogens is 3. The molecule has 1 fully saturated rings. The van der Waals surface area contributed by atoms with Crippen molar-refractivity contribution in [3.05, 3.63) is 76.9 Å². The number of pyridine rings is 1. The van der Waals surface area contributed by atoms with Gasteiger partial charge in [0.05, 0.1) is 24.2 Å². The third-order valence-electron chi connectivity index (χ3n) is 7.06. The van der Waals surface area contributed by atoms with Gasteiger partial charge in [0, 0.05) is 67.0 Å². The maximum absolute atomic E-state index is 13.5. The van der Waals surface area contributed by atoms with E-state index in [1.807, 2.05) is 11.8 Å². The molecule has 2 aliphatic heterocycles. The predicted octanol–water partition coefficient (Wildman–Crippen LogP) is 2.95. The number of anilines is 2. The van der Waals surface area contributed by atoms with Crippen molar-refractivity contribution in [2.45, 2.75) is 51.5 Å². The van der Waals surface area contributed by atoms with Crippen LogP contribution in [0.1, 0.15) is 47.1 Å². The lowest BCUT2D eigenvalue weighted by Gasteiger charge is -2.41. The van der Waals surface area contributed by atoms with Crippen LogP contribution in [0.2, 0.25) is 0 Å². The molecular weight excluding hydrogens is 528 g/mol. The van der Waals surface area contributed by atoms with Gasteiger partial charge in [0.25, 0.3) is 5.91 Å². The molecule has 1 aromatic carbocycles. The number of rotatable bonds is 7. The predicted molar refractivity (Wildman–Crippen MR) is 140 cm³/mol. The van der Waals surface area contributed by atoms with Gasteiger partial charge in [0.1, 0.15) is 0 Å². The number of benzene rings is 1. The van der Waals surface area contributed by atoms with Crippen LogP contribution in [-0.4, -0.2) is 64.0 Å². The SMILES string of the molecule is C[C@@H]1C[C@H](N2Cc3cnc(Nc4ccc(F)c(F)c4)nc3C2)CCN1C(=O)c1ccnc(CNS(C)(=O)=O)c1. The first-order valence-corrected chi connectivity index (χ1v) is 14.5. The van der Waals surface area contributed by atoms with Crippen LogP contribution in [0.4, 0.5) is 20.4 Å². The maximum Gasteiger partial charge on any atom is 0.254 e. The topological polar surface area (TPSA) is 120 Å². The first-order valence-electron chi connectivity index (χ1n) is 12.6. The Labute approximate surface area is 225 Å². The first kappa shape index (κ1) is 27.0. The van der Waals surface area contributed by atoms with E-state index in [0.29, 0.717) is 42.5 Å². The number of carbonyl (C=O) groups excluding carboxylic acids is 1. The van der Waals surface area contributed by atoms with Crippen LogP contribution < -0.4 is 10.0 Å². The molecule has 2 aromatic heterocycles. The van der Waals surface area contributed by atoms with Gasteiger partial charge in [0.15, 0.2) is 11.6 Å². The monoisotopic (exact) mass is 557 g/mol. The summed E-state index contributed by atoms with van der Waals surface area (Å²) in [5.74, 6) is -1.65. The van der Waals surface area contributed by atoms with Crippen molar-refractivity contribution in [1.29, 1.82) is 0 Å². The number of nitrogens with one attached hydrogen (secondary N) is 2. The second kappa shape index (κ2) is 10.9. The molecule has 4 heterocycles. The molecule has 0 radical (unpaired) electrons. The zero-order valence-corrected chi connectivity index (χ0v) is 22.4. The summed E-state index contributed by atoms with van der Waals surface area (Å²) in [7, 11) is -3.37. The molecule has 2 aliphatic rings. The van der Waals surface area contributed by atoms with Gasteiger partial charge >= 0.3 is 0 Å². The van der Waals surface area contributed by atoms with E-state index < -0.39 is 21.7 Å². The molecule has 0 bridgehead atoms. The Balaban J connectivity index is 1.19. The summed E-state index contributed by atoms with van der Waals surface area (Å²) >= 11 is 0. The molecule has 0 spiro atoms. The minimum absolute atomic E-state index is 0.00223. The number of piperidine rings is 1. The van der Waals surface area contributed by atoms with Gasteiger partial charge in [-0.25, -0.2) is 31.9 Å². The fourth-order valence-electron chi connectivity index (χ4n) is 5.06. The Bertz CT molecular complexity index is 1500. The highest BCUT2D eigenvalue weighted by molar-refractivity contribution is 7.88. The number of likely N-dealkylation sites (tertiary alicyclic amines) is 1. The Morgan fingerprint density at radius 3 is 2.69 bits per heavy atom. The first-order chi connectivity index (χ1) is 18.6. The lowest BCUT2D eigenvalue weighted by atomic mass is 9.96. The molecule has 1 amide bonds. The number of nitrogens with zero attached hydrogens (tertiary/aromatic N) is 5. The highest BCUT2D eigenvalue weighted by Crippen LogP contribution is 2.31. The van der Waals surface area contributed by atoms with Gasteiger partial charge < -0.3 is 10.2 Å². The van der Waals surface area contributed by atoms with Crippen molar-refractivity contribution in [3.63, 3.8) is 0 Å². The van der Waals surface area contributed by atoms with Gasteiger partial charge in [0.2, 0.25) is 16.0 Å². The van der Waals surface area contributed by atoms with E-state index in [2.05, 4.69) is 29.9 Å². The number of sulfonamides is 1. The maximum atomic E-state index is 13.5. The molecule has 206 valence electrons. The summed E-state index contributed by atoms with van der Waals surface area (Å²) in [6, 6.07) is 7.07. The quantitative estimate of drug-likeness (QED) is 0.455. The minimum atomic E-state index is -3.37. The Kier molecular flexibility index (Phi) is 7.56. The van der Waals surface area contributed by atoms with Crippen molar-refractivity contribution < 1.29 is 22.0 Å². The molecule has 2 atom stereocenters. The highest BCUT2D eigenvalue weighted by atomic mass is 32.2. The highest BCUT2D eigenvalue weighted by Gasteiger charge is 2.35. The van der Waals surface area contributed by atoms with Crippen molar-refractivity contribution in [3.8, 4) is 0 Å². The summed E-state index contributed by atoms with van der Waals surface area (Å²) in [4.78, 5) is 30.5. The number of fused-ring (bicyclic) bond motifs is 1. The van der Waals surface area contributed by atoms with Gasteiger partial charge in [-0.2, -0.15) is 0 Å². The third-order valence-corrected chi connectivity index (χ3v) is 7.73. The zero-order valence-electron chi connectivity index (χ0n) is 21.6. The van der Waals surface area contributed by atoms with Crippen molar-refractivity contribution in [2.24, 2.45) is 0 Å². The summed E-state index contributed by atoms with van der Waals surface area (Å²) in [5, 5.41) is 2.93. The average molecular weight is 558 g/mol. The minimum Gasteiger partial charge on any atom is -0.336 e. The van der Waals surface area contributed by atoms with Gasteiger partial charge in [-0.15, -0.1) is 0 Å². The fraction of sp³-hybridized carbons (Fsp3) is 0.385. The van der Waals surface area contributed by atoms with Crippen LogP contribution in [0, 0.1) is 11.6 Å². The van der Waals surface area contributed by atoms with Gasteiger partial charge in [-0.1, -0.05) is 0 Å². The Hall–Kier alpha value is -3.55. The van der Waals surface area contributed by atoms with Crippen LogP contribution in [-0.2, 0) is 29.7 Å². The number of halogens is 2. The van der Waals surface area contributed by atoms with E-state index in [1.165, 1.54) is 12.3 Å². The van der Waals surface area contributed by atoms with Crippen LogP contribution in [0.15, 0.2) is 42.7 Å². The van der Waals surface area contributed by atoms with Crippen LogP contribution in [0.25, 0.3) is 0 Å². The number of carbonyl (C=O) groups is 1. The molecular formula is C26H29F2N7O3S. The number of amides is 1. The molecule has 3 aromatic rings. The van der Waals surface area contributed by atoms with Crippen molar-refractivity contribution in [2.75, 3.05) is 18.1 Å². The molecule has 10 nitrogen and oxygen atoms in total. The molecule has 0 aliphatic carbocycles. The van der Waals surface area contributed by atoms with E-state index in [0.717, 1.165) is 42.5 Å². The van der Waals surface area contributed by atoms with Gasteiger partial charge in [-0.3, -0.25) is 14.7 Å². The van der Waals surface area contributed by atoms with Crippen LogP contribution >= 0.6 is 0 Å². The van der Waals surface area contributed by atoms with Crippen LogP contribution in [0.5, 0.6) is 0 Å². The van der Waals surface area contributed by atoms with Gasteiger partial charge in [-0.05, 0) is 44.0 Å². The zero-order chi connectivity index (χ0) is 27.7. The molecule has 5 rings (SSSR count). The lowest BCUT2D eigenvalue weighted by Crippen LogP contribution is -2.50. The number of hydrogen-bond donors (Lipinski definition) is 2. The van der Waals surface area contributed by atoms with E-state index in [4.69, 9.17) is 0 Å². The summed E-state index contributed by atoms with van der Waals surface area (Å²) in [6.45, 7) is 3.98. The second-order valence-electron chi connectivity index (χ2n) is 9.98. The van der Waals surface area contributed by atoms with Crippen LogP contribution in [0.3, 0.4) is 0 Å². The molecule has 2 N–H and O–H groups in total. The van der Waals surface area contributed by atoms with E-state index in [-0.39, 0.29) is 24.5 Å². The third kappa shape index (κ3) is 6.37. The molecule has 0 saturated carbocycles. The smallest absolute Gasteiger partial charge is 0.254 e. The molecule has 39 heavy (non-hydrogen) atoms. The van der Waals surface area contributed by atoms with Crippen molar-refractivity contribution >= 4 is 27.6 Å². The summed E-state index contributed by atoms with van der Waals surface area (Å²) < 4.78 is 51.9. The van der Waals surface area contributed by atoms with E-state index >= 15 is 0 Å².